The summed E-state index contributed by atoms with van der Waals surface area (Å²) in [6.07, 6.45) is 0. The van der Waals surface area contributed by atoms with Gasteiger partial charge in [0.1, 0.15) is 4.83 Å². The molecule has 0 aliphatic carbocycles. The van der Waals surface area contributed by atoms with Crippen LogP contribution in [0, 0.1) is 20.8 Å². The Morgan fingerprint density at radius 2 is 1.93 bits per heavy atom. The molecular weight excluding hydrogens is 378 g/mol. The first-order chi connectivity index (χ1) is 12.8. The van der Waals surface area contributed by atoms with Crippen molar-refractivity contribution in [1.82, 2.24) is 9.55 Å². The van der Waals surface area contributed by atoms with Gasteiger partial charge in [-0.3, -0.25) is 14.2 Å². The number of rotatable bonds is 5. The van der Waals surface area contributed by atoms with Crippen molar-refractivity contribution < 1.29 is 4.79 Å². The van der Waals surface area contributed by atoms with Gasteiger partial charge in [0.15, 0.2) is 5.16 Å². The number of amides is 1. The smallest absolute Gasteiger partial charge is 0.263 e. The van der Waals surface area contributed by atoms with Gasteiger partial charge in [-0.25, -0.2) is 4.98 Å². The molecule has 1 aromatic carbocycles. The van der Waals surface area contributed by atoms with Gasteiger partial charge in [0.2, 0.25) is 5.91 Å². The molecule has 0 aliphatic heterocycles. The number of benzene rings is 1. The summed E-state index contributed by atoms with van der Waals surface area (Å²) in [7, 11) is 0. The van der Waals surface area contributed by atoms with Crippen LogP contribution in [0.1, 0.15) is 29.9 Å². The van der Waals surface area contributed by atoms with Crippen molar-refractivity contribution in [3.63, 3.8) is 0 Å². The van der Waals surface area contributed by atoms with E-state index < -0.39 is 0 Å². The lowest BCUT2D eigenvalue weighted by atomic mass is 10.2. The lowest BCUT2D eigenvalue weighted by Crippen LogP contribution is -2.26. The molecule has 7 heteroatoms. The third-order valence-corrected chi connectivity index (χ3v) is 6.73. The molecule has 2 aromatic heterocycles. The van der Waals surface area contributed by atoms with E-state index in [9.17, 15) is 9.59 Å². The molecular formula is C20H23N3O2S2. The van der Waals surface area contributed by atoms with E-state index in [0.29, 0.717) is 17.1 Å². The Kier molecular flexibility index (Phi) is 5.72. The van der Waals surface area contributed by atoms with Crippen molar-refractivity contribution in [3.05, 3.63) is 50.6 Å². The molecule has 0 spiro atoms. The van der Waals surface area contributed by atoms with Crippen LogP contribution in [0.15, 0.2) is 34.2 Å². The van der Waals surface area contributed by atoms with Gasteiger partial charge in [0.25, 0.3) is 5.56 Å². The minimum atomic E-state index is -0.379. The highest BCUT2D eigenvalue weighted by molar-refractivity contribution is 8.00. The largest absolute Gasteiger partial charge is 0.325 e. The van der Waals surface area contributed by atoms with Crippen LogP contribution in [0.5, 0.6) is 0 Å². The fraction of sp³-hybridized carbons (Fsp3) is 0.350. The minimum Gasteiger partial charge on any atom is -0.325 e. The lowest BCUT2D eigenvalue weighted by molar-refractivity contribution is -0.115. The van der Waals surface area contributed by atoms with Gasteiger partial charge in [0.05, 0.1) is 10.6 Å². The molecule has 142 valence electrons. The maximum Gasteiger partial charge on any atom is 0.263 e. The van der Waals surface area contributed by atoms with Crippen molar-refractivity contribution >= 4 is 44.9 Å². The Hall–Kier alpha value is -2.12. The Balaban J connectivity index is 1.87. The summed E-state index contributed by atoms with van der Waals surface area (Å²) in [5, 5.41) is 3.82. The summed E-state index contributed by atoms with van der Waals surface area (Å²) < 4.78 is 1.65. The van der Waals surface area contributed by atoms with Crippen molar-refractivity contribution in [2.75, 3.05) is 5.32 Å². The van der Waals surface area contributed by atoms with Crippen molar-refractivity contribution in [2.24, 2.45) is 0 Å². The van der Waals surface area contributed by atoms with Crippen LogP contribution in [0.25, 0.3) is 10.2 Å². The van der Waals surface area contributed by atoms with E-state index in [4.69, 9.17) is 4.98 Å². The highest BCUT2D eigenvalue weighted by Gasteiger charge is 2.21. The molecule has 5 nitrogen and oxygen atoms in total. The molecule has 27 heavy (non-hydrogen) atoms. The van der Waals surface area contributed by atoms with Gasteiger partial charge in [0, 0.05) is 17.1 Å². The van der Waals surface area contributed by atoms with E-state index in [2.05, 4.69) is 5.32 Å². The third kappa shape index (κ3) is 3.94. The number of nitrogens with one attached hydrogen (secondary N) is 1. The predicted octanol–water partition coefficient (Wildman–Crippen LogP) is 4.52. The second-order valence-corrected chi connectivity index (χ2v) is 9.03. The predicted molar refractivity (Wildman–Crippen MR) is 114 cm³/mol. The van der Waals surface area contributed by atoms with E-state index in [0.717, 1.165) is 26.5 Å². The molecule has 0 fully saturated rings. The van der Waals surface area contributed by atoms with Gasteiger partial charge >= 0.3 is 0 Å². The number of thiophene rings is 1. The van der Waals surface area contributed by atoms with Crippen molar-refractivity contribution in [1.29, 1.82) is 0 Å². The quantitative estimate of drug-likeness (QED) is 0.504. The van der Waals surface area contributed by atoms with Crippen molar-refractivity contribution in [2.45, 2.75) is 51.6 Å². The Labute approximate surface area is 166 Å². The zero-order valence-corrected chi connectivity index (χ0v) is 17.8. The van der Waals surface area contributed by atoms with Crippen LogP contribution in [-0.2, 0) is 11.3 Å². The molecule has 0 saturated heterocycles. The molecule has 1 N–H and O–H groups in total. The van der Waals surface area contributed by atoms with Crippen LogP contribution in [0.3, 0.4) is 0 Å². The second-order valence-electron chi connectivity index (χ2n) is 6.52. The molecule has 0 aliphatic rings. The zero-order valence-electron chi connectivity index (χ0n) is 16.1. The highest BCUT2D eigenvalue weighted by atomic mass is 32.2. The molecule has 3 rings (SSSR count). The molecule has 1 amide bonds. The van der Waals surface area contributed by atoms with Crippen LogP contribution >= 0.6 is 23.1 Å². The Morgan fingerprint density at radius 1 is 1.26 bits per heavy atom. The van der Waals surface area contributed by atoms with Gasteiger partial charge in [-0.05, 0) is 52.3 Å². The topological polar surface area (TPSA) is 64.0 Å². The summed E-state index contributed by atoms with van der Waals surface area (Å²) >= 11 is 2.84. The number of carbonyl (C=O) groups excluding carboxylic acids is 1. The normalized spacial score (nSPS) is 12.3. The van der Waals surface area contributed by atoms with E-state index >= 15 is 0 Å². The first-order valence-electron chi connectivity index (χ1n) is 8.86. The van der Waals surface area contributed by atoms with E-state index in [-0.39, 0.29) is 16.7 Å². The van der Waals surface area contributed by atoms with E-state index in [1.54, 1.807) is 4.57 Å². The number of hydrogen-bond donors (Lipinski definition) is 1. The molecule has 0 radical (unpaired) electrons. The van der Waals surface area contributed by atoms with Crippen LogP contribution in [0.2, 0.25) is 0 Å². The number of nitrogens with zero attached hydrogens (tertiary/aromatic N) is 2. The fourth-order valence-corrected chi connectivity index (χ4v) is 4.81. The minimum absolute atomic E-state index is 0.0296. The summed E-state index contributed by atoms with van der Waals surface area (Å²) in [6.45, 7) is 10.2. The van der Waals surface area contributed by atoms with Gasteiger partial charge in [-0.2, -0.15) is 0 Å². The number of fused-ring (bicyclic) bond motifs is 1. The van der Waals surface area contributed by atoms with Crippen LogP contribution in [-0.4, -0.2) is 20.7 Å². The average molecular weight is 402 g/mol. The highest BCUT2D eigenvalue weighted by Crippen LogP contribution is 2.29. The molecule has 0 unspecified atom stereocenters. The monoisotopic (exact) mass is 401 g/mol. The average Bonchev–Trinajstić information content (AvgIpc) is 2.91. The number of aryl methyl sites for hydroxylation is 3. The summed E-state index contributed by atoms with van der Waals surface area (Å²) in [6, 6.07) is 7.68. The first kappa shape index (κ1) is 19.6. The Bertz CT molecular complexity index is 1050. The number of aromatic nitrogens is 2. The zero-order chi connectivity index (χ0) is 19.7. The first-order valence-corrected chi connectivity index (χ1v) is 10.6. The molecule has 0 bridgehead atoms. The Morgan fingerprint density at radius 3 is 2.56 bits per heavy atom. The maximum atomic E-state index is 12.9. The van der Waals surface area contributed by atoms with Crippen LogP contribution in [0.4, 0.5) is 5.69 Å². The molecule has 2 heterocycles. The summed E-state index contributed by atoms with van der Waals surface area (Å²) in [4.78, 5) is 32.0. The number of carbonyl (C=O) groups is 1. The standard InChI is InChI=1S/C20H23N3O2S2/c1-6-23-19(25)16-12(3)13(4)26-18(16)22-20(23)27-14(5)17(24)21-15-9-7-11(2)8-10-15/h7-10,14H,6H2,1-5H3,(H,21,24)/t14-/m1/s1. The van der Waals surface area contributed by atoms with Crippen LogP contribution < -0.4 is 10.9 Å². The number of thioether (sulfide) groups is 1. The van der Waals surface area contributed by atoms with E-state index in [1.807, 2.05) is 58.9 Å². The van der Waals surface area contributed by atoms with E-state index in [1.165, 1.54) is 23.1 Å². The second kappa shape index (κ2) is 7.86. The number of hydrogen-bond acceptors (Lipinski definition) is 5. The number of anilines is 1. The molecule has 3 aromatic rings. The fourth-order valence-electron chi connectivity index (χ4n) is 2.77. The molecule has 1 atom stereocenters. The summed E-state index contributed by atoms with van der Waals surface area (Å²) in [5.74, 6) is -0.112. The van der Waals surface area contributed by atoms with Gasteiger partial charge in [-0.15, -0.1) is 11.3 Å². The van der Waals surface area contributed by atoms with Crippen molar-refractivity contribution in [3.8, 4) is 0 Å². The third-order valence-electron chi connectivity index (χ3n) is 4.54. The lowest BCUT2D eigenvalue weighted by Gasteiger charge is -2.15. The molecule has 0 saturated carbocycles. The van der Waals surface area contributed by atoms with Gasteiger partial charge in [-0.1, -0.05) is 29.5 Å². The summed E-state index contributed by atoms with van der Waals surface area (Å²) in [5.41, 5.74) is 2.87. The maximum absolute atomic E-state index is 12.9. The van der Waals surface area contributed by atoms with Gasteiger partial charge < -0.3 is 5.32 Å². The SMILES string of the molecule is CCn1c(S[C@H](C)C(=O)Nc2ccc(C)cc2)nc2sc(C)c(C)c2c1=O.